The predicted octanol–water partition coefficient (Wildman–Crippen LogP) is 5.74. The smallest absolute Gasteiger partial charge is 0.416 e. The number of hydrogen-bond donors (Lipinski definition) is 0. The van der Waals surface area contributed by atoms with Crippen molar-refractivity contribution >= 4 is 34.4 Å². The van der Waals surface area contributed by atoms with Crippen molar-refractivity contribution < 1.29 is 27.5 Å². The van der Waals surface area contributed by atoms with Crippen LogP contribution in [0.15, 0.2) is 83.6 Å². The summed E-state index contributed by atoms with van der Waals surface area (Å²) in [6.07, 6.45) is -3.51. The first kappa shape index (κ1) is 21.4. The fraction of sp³-hybridized carbons (Fsp3) is 0.120. The van der Waals surface area contributed by atoms with Crippen LogP contribution in [-0.2, 0) is 20.5 Å². The zero-order valence-electron chi connectivity index (χ0n) is 17.2. The van der Waals surface area contributed by atoms with Gasteiger partial charge in [-0.05, 0) is 36.1 Å². The minimum atomic E-state index is -4.62. The molecule has 3 aromatic carbocycles. The Bertz CT molecular complexity index is 1300. The molecule has 0 unspecified atom stereocenters. The zero-order valence-corrected chi connectivity index (χ0v) is 17.2. The predicted molar refractivity (Wildman–Crippen MR) is 116 cm³/mol. The van der Waals surface area contributed by atoms with Crippen molar-refractivity contribution in [2.75, 3.05) is 12.0 Å². The number of nitrogens with zero attached hydrogens (tertiary/aromatic N) is 1. The number of esters is 1. The molecule has 3 aromatic rings. The summed E-state index contributed by atoms with van der Waals surface area (Å²) in [5.74, 6) is -1.40. The number of ether oxygens (including phenoxy) is 1. The summed E-state index contributed by atoms with van der Waals surface area (Å²) in [7, 11) is 1.16. The van der Waals surface area contributed by atoms with Gasteiger partial charge in [0.25, 0.3) is 5.91 Å². The molecule has 0 spiro atoms. The van der Waals surface area contributed by atoms with Gasteiger partial charge in [-0.25, -0.2) is 4.79 Å². The van der Waals surface area contributed by atoms with Gasteiger partial charge in [-0.3, -0.25) is 9.69 Å². The summed E-state index contributed by atoms with van der Waals surface area (Å²) in [6.45, 7) is 1.57. The first-order chi connectivity index (χ1) is 15.2. The second-order valence-corrected chi connectivity index (χ2v) is 7.23. The lowest BCUT2D eigenvalue weighted by Crippen LogP contribution is -2.24. The largest absolute Gasteiger partial charge is 0.465 e. The van der Waals surface area contributed by atoms with Crippen LogP contribution in [0.25, 0.3) is 16.8 Å². The van der Waals surface area contributed by atoms with Gasteiger partial charge < -0.3 is 4.74 Å². The molecule has 1 amide bonds. The van der Waals surface area contributed by atoms with Crippen molar-refractivity contribution in [2.45, 2.75) is 13.1 Å². The summed E-state index contributed by atoms with van der Waals surface area (Å²) in [5.41, 5.74) is -0.516. The Morgan fingerprint density at radius 1 is 0.969 bits per heavy atom. The van der Waals surface area contributed by atoms with Crippen LogP contribution >= 0.6 is 0 Å². The van der Waals surface area contributed by atoms with Crippen molar-refractivity contribution in [2.24, 2.45) is 0 Å². The molecule has 1 aliphatic heterocycles. The van der Waals surface area contributed by atoms with E-state index < -0.39 is 23.6 Å². The van der Waals surface area contributed by atoms with E-state index in [2.05, 4.69) is 0 Å². The molecule has 0 aromatic heterocycles. The third-order valence-corrected chi connectivity index (χ3v) is 5.36. The molecule has 162 valence electrons. The summed E-state index contributed by atoms with van der Waals surface area (Å²) < 4.78 is 45.4. The van der Waals surface area contributed by atoms with E-state index in [9.17, 15) is 22.8 Å². The maximum atomic E-state index is 13.5. The van der Waals surface area contributed by atoms with E-state index >= 15 is 0 Å². The van der Waals surface area contributed by atoms with E-state index in [0.717, 1.165) is 30.0 Å². The molecule has 0 aliphatic carbocycles. The quantitative estimate of drug-likeness (QED) is 0.388. The van der Waals surface area contributed by atoms with Crippen LogP contribution < -0.4 is 4.90 Å². The number of fused-ring (bicyclic) bond motifs is 1. The lowest BCUT2D eigenvalue weighted by atomic mass is 10.00. The van der Waals surface area contributed by atoms with E-state index in [4.69, 9.17) is 4.74 Å². The van der Waals surface area contributed by atoms with Crippen LogP contribution in [0, 0.1) is 0 Å². The number of halogens is 3. The Labute approximate surface area is 182 Å². The van der Waals surface area contributed by atoms with Gasteiger partial charge in [-0.2, -0.15) is 13.2 Å². The maximum Gasteiger partial charge on any atom is 0.416 e. The average Bonchev–Trinajstić information content (AvgIpc) is 3.02. The Balaban J connectivity index is 1.94. The van der Waals surface area contributed by atoms with Crippen LogP contribution in [0.2, 0.25) is 0 Å². The normalized spacial score (nSPS) is 15.7. The van der Waals surface area contributed by atoms with Gasteiger partial charge in [0.05, 0.1) is 29.5 Å². The number of alkyl halides is 3. The van der Waals surface area contributed by atoms with Gasteiger partial charge in [0, 0.05) is 11.1 Å². The van der Waals surface area contributed by atoms with E-state index in [-0.39, 0.29) is 22.4 Å². The molecule has 0 saturated carbocycles. The minimum absolute atomic E-state index is 0.0672. The van der Waals surface area contributed by atoms with Crippen molar-refractivity contribution in [3.8, 4) is 0 Å². The molecule has 1 heterocycles. The maximum absolute atomic E-state index is 13.5. The van der Waals surface area contributed by atoms with E-state index in [0.29, 0.717) is 5.69 Å². The lowest BCUT2D eigenvalue weighted by Gasteiger charge is -2.20. The van der Waals surface area contributed by atoms with Gasteiger partial charge in [0.15, 0.2) is 0 Å². The second-order valence-electron chi connectivity index (χ2n) is 7.23. The highest BCUT2D eigenvalue weighted by molar-refractivity contribution is 6.25. The molecule has 1 aliphatic rings. The Morgan fingerprint density at radius 2 is 1.62 bits per heavy atom. The van der Waals surface area contributed by atoms with Crippen LogP contribution in [0.4, 0.5) is 18.9 Å². The first-order valence-corrected chi connectivity index (χ1v) is 9.73. The SMILES string of the molecule is COC(=O)C1=C(C)N(c2cccc3ccccc23)C(=O)/C1=C\c1ccccc1C(F)(F)F. The number of carbonyl (C=O) groups is 2. The number of hydrogen-bond acceptors (Lipinski definition) is 3. The summed E-state index contributed by atoms with van der Waals surface area (Å²) in [5, 5.41) is 1.65. The number of allylic oxidation sites excluding steroid dienone is 1. The monoisotopic (exact) mass is 437 g/mol. The van der Waals surface area contributed by atoms with Gasteiger partial charge in [0.2, 0.25) is 0 Å². The molecule has 4 rings (SSSR count). The van der Waals surface area contributed by atoms with Crippen molar-refractivity contribution in [3.05, 3.63) is 94.7 Å². The molecular weight excluding hydrogens is 419 g/mol. The number of amides is 1. The molecule has 0 N–H and O–H groups in total. The highest BCUT2D eigenvalue weighted by Gasteiger charge is 2.39. The Hall–Kier alpha value is -3.87. The zero-order chi connectivity index (χ0) is 23.0. The molecule has 0 fully saturated rings. The number of methoxy groups -OCH3 is 1. The third-order valence-electron chi connectivity index (χ3n) is 5.36. The van der Waals surface area contributed by atoms with Crippen molar-refractivity contribution in [1.29, 1.82) is 0 Å². The number of rotatable bonds is 3. The minimum Gasteiger partial charge on any atom is -0.465 e. The third kappa shape index (κ3) is 3.56. The fourth-order valence-electron chi connectivity index (χ4n) is 3.91. The number of benzene rings is 3. The standard InChI is InChI=1S/C25H18F3NO3/c1-15-22(24(31)32-2)19(14-17-9-4-6-12-20(17)25(26,27)28)23(30)29(15)21-13-7-10-16-8-3-5-11-18(16)21/h3-14H,1-2H3/b19-14-. The van der Waals surface area contributed by atoms with Crippen LogP contribution in [0.5, 0.6) is 0 Å². The van der Waals surface area contributed by atoms with E-state index in [1.807, 2.05) is 30.3 Å². The van der Waals surface area contributed by atoms with Gasteiger partial charge >= 0.3 is 12.1 Å². The van der Waals surface area contributed by atoms with Crippen LogP contribution in [0.1, 0.15) is 18.1 Å². The number of anilines is 1. The average molecular weight is 437 g/mol. The topological polar surface area (TPSA) is 46.6 Å². The van der Waals surface area contributed by atoms with Gasteiger partial charge in [0.1, 0.15) is 0 Å². The van der Waals surface area contributed by atoms with E-state index in [1.165, 1.54) is 23.1 Å². The molecule has 32 heavy (non-hydrogen) atoms. The summed E-state index contributed by atoms with van der Waals surface area (Å²) in [6, 6.07) is 17.7. The molecule has 7 heteroatoms. The molecule has 0 bridgehead atoms. The lowest BCUT2D eigenvalue weighted by molar-refractivity contribution is -0.138. The van der Waals surface area contributed by atoms with Crippen molar-refractivity contribution in [3.63, 3.8) is 0 Å². The Morgan fingerprint density at radius 3 is 2.34 bits per heavy atom. The molecular formula is C25H18F3NO3. The molecule has 4 nitrogen and oxygen atoms in total. The van der Waals surface area contributed by atoms with Gasteiger partial charge in [-0.15, -0.1) is 0 Å². The highest BCUT2D eigenvalue weighted by Crippen LogP contribution is 2.40. The first-order valence-electron chi connectivity index (χ1n) is 9.73. The van der Waals surface area contributed by atoms with Gasteiger partial charge in [-0.1, -0.05) is 54.6 Å². The van der Waals surface area contributed by atoms with Crippen LogP contribution in [0.3, 0.4) is 0 Å². The molecule has 0 radical (unpaired) electrons. The highest BCUT2D eigenvalue weighted by atomic mass is 19.4. The molecule has 0 atom stereocenters. The number of carbonyl (C=O) groups excluding carboxylic acids is 2. The summed E-state index contributed by atoms with van der Waals surface area (Å²) in [4.78, 5) is 27.4. The fourth-order valence-corrected chi connectivity index (χ4v) is 3.91. The summed E-state index contributed by atoms with van der Waals surface area (Å²) >= 11 is 0. The van der Waals surface area contributed by atoms with Crippen molar-refractivity contribution in [1.82, 2.24) is 0 Å². The second kappa shape index (κ2) is 8.00. The van der Waals surface area contributed by atoms with Crippen LogP contribution in [-0.4, -0.2) is 19.0 Å². The van der Waals surface area contributed by atoms with E-state index in [1.54, 1.807) is 19.1 Å². The molecule has 0 saturated heterocycles. The Kier molecular flexibility index (Phi) is 5.34.